The SMILES string of the molecule is Cc1cc(C)c(OCC(=O)c2ccn(C)c2)c([N+](=O)[O-])c1. The van der Waals surface area contributed by atoms with Crippen molar-refractivity contribution in [2.75, 3.05) is 6.61 Å². The molecule has 6 nitrogen and oxygen atoms in total. The van der Waals surface area contributed by atoms with Crippen LogP contribution in [-0.4, -0.2) is 21.9 Å². The van der Waals surface area contributed by atoms with Gasteiger partial charge >= 0.3 is 5.69 Å². The molecule has 0 atom stereocenters. The van der Waals surface area contributed by atoms with Gasteiger partial charge in [-0.25, -0.2) is 0 Å². The van der Waals surface area contributed by atoms with E-state index in [0.29, 0.717) is 11.1 Å². The van der Waals surface area contributed by atoms with Gasteiger partial charge in [0.25, 0.3) is 0 Å². The van der Waals surface area contributed by atoms with Crippen molar-refractivity contribution in [2.24, 2.45) is 7.05 Å². The van der Waals surface area contributed by atoms with Gasteiger partial charge in [0.2, 0.25) is 11.5 Å². The van der Waals surface area contributed by atoms with Crippen molar-refractivity contribution in [3.05, 3.63) is 57.4 Å². The Morgan fingerprint density at radius 1 is 1.38 bits per heavy atom. The molecule has 2 aromatic rings. The van der Waals surface area contributed by atoms with Gasteiger partial charge in [-0.2, -0.15) is 0 Å². The molecule has 1 aromatic heterocycles. The van der Waals surface area contributed by atoms with Gasteiger partial charge in [-0.3, -0.25) is 14.9 Å². The van der Waals surface area contributed by atoms with E-state index < -0.39 is 4.92 Å². The van der Waals surface area contributed by atoms with E-state index >= 15 is 0 Å². The van der Waals surface area contributed by atoms with Crippen LogP contribution >= 0.6 is 0 Å². The third-order valence-corrected chi connectivity index (χ3v) is 3.10. The van der Waals surface area contributed by atoms with E-state index in [9.17, 15) is 14.9 Å². The molecular formula is C15H16N2O4. The van der Waals surface area contributed by atoms with Gasteiger partial charge < -0.3 is 9.30 Å². The topological polar surface area (TPSA) is 74.4 Å². The van der Waals surface area contributed by atoms with Crippen LogP contribution in [-0.2, 0) is 7.05 Å². The normalized spacial score (nSPS) is 10.4. The Morgan fingerprint density at radius 2 is 2.10 bits per heavy atom. The summed E-state index contributed by atoms with van der Waals surface area (Å²) in [5.41, 5.74) is 1.82. The van der Waals surface area contributed by atoms with E-state index in [0.717, 1.165) is 5.56 Å². The third-order valence-electron chi connectivity index (χ3n) is 3.10. The first-order chi connectivity index (χ1) is 9.88. The van der Waals surface area contributed by atoms with Crippen LogP contribution in [0.2, 0.25) is 0 Å². The molecule has 0 bridgehead atoms. The number of rotatable bonds is 5. The highest BCUT2D eigenvalue weighted by molar-refractivity contribution is 5.97. The number of nitrogens with zero attached hydrogens (tertiary/aromatic N) is 2. The minimum Gasteiger partial charge on any atom is -0.478 e. The lowest BCUT2D eigenvalue weighted by molar-refractivity contribution is -0.385. The number of nitro groups is 1. The van der Waals surface area contributed by atoms with E-state index in [1.807, 2.05) is 7.05 Å². The first kappa shape index (κ1) is 14.8. The predicted molar refractivity (Wildman–Crippen MR) is 77.8 cm³/mol. The Bertz CT molecular complexity index is 704. The summed E-state index contributed by atoms with van der Waals surface area (Å²) in [6, 6.07) is 4.91. The fourth-order valence-electron chi connectivity index (χ4n) is 2.14. The second-order valence-corrected chi connectivity index (χ2v) is 4.96. The molecule has 0 saturated heterocycles. The molecule has 0 amide bonds. The maximum atomic E-state index is 12.0. The average Bonchev–Trinajstić information content (AvgIpc) is 2.83. The van der Waals surface area contributed by atoms with Crippen LogP contribution < -0.4 is 4.74 Å². The zero-order valence-corrected chi connectivity index (χ0v) is 12.1. The predicted octanol–water partition coefficient (Wildman–Crippen LogP) is 2.81. The molecule has 0 aliphatic rings. The number of benzene rings is 1. The zero-order chi connectivity index (χ0) is 15.6. The number of Topliss-reactive ketones (excluding diaryl/α,β-unsaturated/α-hetero) is 1. The molecule has 110 valence electrons. The number of nitro benzene ring substituents is 1. The number of aromatic nitrogens is 1. The first-order valence-corrected chi connectivity index (χ1v) is 6.42. The number of hydrogen-bond donors (Lipinski definition) is 0. The third kappa shape index (κ3) is 3.28. The van der Waals surface area contributed by atoms with Crippen LogP contribution in [0.1, 0.15) is 21.5 Å². The molecule has 0 aliphatic carbocycles. The lowest BCUT2D eigenvalue weighted by Gasteiger charge is -2.09. The molecule has 21 heavy (non-hydrogen) atoms. The number of carbonyl (C=O) groups is 1. The summed E-state index contributed by atoms with van der Waals surface area (Å²) in [4.78, 5) is 22.6. The zero-order valence-electron chi connectivity index (χ0n) is 12.1. The number of ketones is 1. The molecule has 0 unspecified atom stereocenters. The van der Waals surface area contributed by atoms with Crippen LogP contribution in [0.25, 0.3) is 0 Å². The van der Waals surface area contributed by atoms with Crippen LogP contribution in [0.4, 0.5) is 5.69 Å². The fourth-order valence-corrected chi connectivity index (χ4v) is 2.14. The van der Waals surface area contributed by atoms with Gasteiger partial charge in [-0.1, -0.05) is 6.07 Å². The Labute approximate surface area is 122 Å². The second kappa shape index (κ2) is 5.78. The van der Waals surface area contributed by atoms with Crippen molar-refractivity contribution in [1.29, 1.82) is 0 Å². The molecule has 0 spiro atoms. The molecule has 2 rings (SSSR count). The fraction of sp³-hybridized carbons (Fsp3) is 0.267. The number of carbonyl (C=O) groups excluding carboxylic acids is 1. The maximum absolute atomic E-state index is 12.0. The Balaban J connectivity index is 2.20. The Morgan fingerprint density at radius 3 is 2.67 bits per heavy atom. The van der Waals surface area contributed by atoms with E-state index in [1.54, 1.807) is 42.9 Å². The standard InChI is InChI=1S/C15H16N2O4/c1-10-6-11(2)15(13(7-10)17(19)20)21-9-14(18)12-4-5-16(3)8-12/h4-8H,9H2,1-3H3. The maximum Gasteiger partial charge on any atom is 0.311 e. The summed E-state index contributed by atoms with van der Waals surface area (Å²) in [5, 5.41) is 11.1. The first-order valence-electron chi connectivity index (χ1n) is 6.42. The molecule has 0 aliphatic heterocycles. The Hall–Kier alpha value is -2.63. The highest BCUT2D eigenvalue weighted by Crippen LogP contribution is 2.32. The highest BCUT2D eigenvalue weighted by atomic mass is 16.6. The summed E-state index contributed by atoms with van der Waals surface area (Å²) in [6.45, 7) is 3.27. The minimum atomic E-state index is -0.498. The largest absolute Gasteiger partial charge is 0.478 e. The summed E-state index contributed by atoms with van der Waals surface area (Å²) in [6.07, 6.45) is 3.44. The highest BCUT2D eigenvalue weighted by Gasteiger charge is 2.20. The monoisotopic (exact) mass is 288 g/mol. The molecule has 6 heteroatoms. The number of aryl methyl sites for hydroxylation is 3. The number of hydrogen-bond acceptors (Lipinski definition) is 4. The van der Waals surface area contributed by atoms with Gasteiger partial charge in [0, 0.05) is 31.1 Å². The van der Waals surface area contributed by atoms with Gasteiger partial charge in [0.1, 0.15) is 0 Å². The van der Waals surface area contributed by atoms with Crippen molar-refractivity contribution in [3.8, 4) is 5.75 Å². The van der Waals surface area contributed by atoms with Gasteiger partial charge in [0.05, 0.1) is 4.92 Å². The molecular weight excluding hydrogens is 272 g/mol. The molecule has 0 fully saturated rings. The summed E-state index contributed by atoms with van der Waals surface area (Å²) >= 11 is 0. The quantitative estimate of drug-likeness (QED) is 0.481. The van der Waals surface area contributed by atoms with Gasteiger partial charge in [-0.05, 0) is 31.0 Å². The van der Waals surface area contributed by atoms with Crippen molar-refractivity contribution >= 4 is 11.5 Å². The van der Waals surface area contributed by atoms with Gasteiger partial charge in [0.15, 0.2) is 6.61 Å². The van der Waals surface area contributed by atoms with Crippen LogP contribution in [0.3, 0.4) is 0 Å². The number of ether oxygens (including phenoxy) is 1. The van der Waals surface area contributed by atoms with Crippen LogP contribution in [0, 0.1) is 24.0 Å². The van der Waals surface area contributed by atoms with Crippen LogP contribution in [0.15, 0.2) is 30.6 Å². The summed E-state index contributed by atoms with van der Waals surface area (Å²) in [5.74, 6) is -0.0697. The van der Waals surface area contributed by atoms with E-state index in [2.05, 4.69) is 0 Å². The van der Waals surface area contributed by atoms with E-state index in [1.165, 1.54) is 6.07 Å². The molecule has 1 aromatic carbocycles. The average molecular weight is 288 g/mol. The van der Waals surface area contributed by atoms with Gasteiger partial charge in [-0.15, -0.1) is 0 Å². The molecule has 0 radical (unpaired) electrons. The molecule has 0 N–H and O–H groups in total. The lowest BCUT2D eigenvalue weighted by Crippen LogP contribution is -2.12. The summed E-state index contributed by atoms with van der Waals surface area (Å²) in [7, 11) is 1.81. The smallest absolute Gasteiger partial charge is 0.311 e. The Kier molecular flexibility index (Phi) is 4.07. The summed E-state index contributed by atoms with van der Waals surface area (Å²) < 4.78 is 7.17. The van der Waals surface area contributed by atoms with Crippen molar-refractivity contribution in [1.82, 2.24) is 4.57 Å². The molecule has 1 heterocycles. The van der Waals surface area contributed by atoms with E-state index in [4.69, 9.17) is 4.74 Å². The molecule has 0 saturated carbocycles. The van der Waals surface area contributed by atoms with Crippen molar-refractivity contribution in [3.63, 3.8) is 0 Å². The van der Waals surface area contributed by atoms with Crippen LogP contribution in [0.5, 0.6) is 5.75 Å². The minimum absolute atomic E-state index is 0.117. The van der Waals surface area contributed by atoms with Crippen molar-refractivity contribution in [2.45, 2.75) is 13.8 Å². The second-order valence-electron chi connectivity index (χ2n) is 4.96. The van der Waals surface area contributed by atoms with Crippen molar-refractivity contribution < 1.29 is 14.5 Å². The lowest BCUT2D eigenvalue weighted by atomic mass is 10.1. The van der Waals surface area contributed by atoms with E-state index in [-0.39, 0.29) is 23.8 Å².